The Labute approximate surface area is 114 Å². The molecule has 0 aliphatic carbocycles. The molecule has 0 amide bonds. The molecule has 1 aliphatic rings. The monoisotopic (exact) mass is 259 g/mol. The molecule has 1 aromatic rings. The van der Waals surface area contributed by atoms with E-state index in [1.807, 2.05) is 18.2 Å². The molecule has 0 aromatic heterocycles. The third kappa shape index (κ3) is 3.46. The van der Waals surface area contributed by atoms with Gasteiger partial charge in [-0.05, 0) is 44.5 Å². The van der Waals surface area contributed by atoms with E-state index in [9.17, 15) is 0 Å². The van der Waals surface area contributed by atoms with Crippen LogP contribution in [0, 0.1) is 11.3 Å². The van der Waals surface area contributed by atoms with Crippen LogP contribution in [0.2, 0.25) is 0 Å². The van der Waals surface area contributed by atoms with Gasteiger partial charge in [-0.1, -0.05) is 6.07 Å². The van der Waals surface area contributed by atoms with Gasteiger partial charge in [-0.2, -0.15) is 5.26 Å². The summed E-state index contributed by atoms with van der Waals surface area (Å²) in [5.41, 5.74) is 1.79. The second-order valence-corrected chi connectivity index (χ2v) is 5.12. The van der Waals surface area contributed by atoms with Crippen LogP contribution in [0.25, 0.3) is 0 Å². The molecule has 2 atom stereocenters. The zero-order chi connectivity index (χ0) is 13.7. The minimum atomic E-state index is 0.206. The van der Waals surface area contributed by atoms with Gasteiger partial charge >= 0.3 is 0 Å². The van der Waals surface area contributed by atoms with E-state index in [1.54, 1.807) is 0 Å². The number of hydrogen-bond acceptors (Lipinski definition) is 4. The molecule has 0 bridgehead atoms. The van der Waals surface area contributed by atoms with E-state index in [4.69, 9.17) is 10.4 Å². The van der Waals surface area contributed by atoms with Crippen molar-refractivity contribution in [3.05, 3.63) is 29.8 Å². The Morgan fingerprint density at radius 2 is 2.37 bits per heavy atom. The minimum Gasteiger partial charge on any atom is -0.396 e. The minimum absolute atomic E-state index is 0.206. The van der Waals surface area contributed by atoms with Crippen LogP contribution in [0.3, 0.4) is 0 Å². The summed E-state index contributed by atoms with van der Waals surface area (Å²) in [5, 5.41) is 21.6. The molecular formula is C15H21N3O. The van der Waals surface area contributed by atoms with Crippen LogP contribution in [0.5, 0.6) is 0 Å². The maximum Gasteiger partial charge on any atom is 0.0992 e. The molecule has 0 spiro atoms. The molecule has 2 unspecified atom stereocenters. The summed E-state index contributed by atoms with van der Waals surface area (Å²) < 4.78 is 0. The highest BCUT2D eigenvalue weighted by Gasteiger charge is 2.22. The molecule has 0 saturated carbocycles. The Morgan fingerprint density at radius 3 is 3.11 bits per heavy atom. The maximum absolute atomic E-state index is 9.11. The molecule has 1 aliphatic heterocycles. The average Bonchev–Trinajstić information content (AvgIpc) is 2.61. The number of nitrogens with one attached hydrogen (secondary N) is 1. The molecule has 1 fully saturated rings. The van der Waals surface area contributed by atoms with E-state index in [1.165, 1.54) is 0 Å². The summed E-state index contributed by atoms with van der Waals surface area (Å²) in [6.07, 6.45) is 1.83. The summed E-state index contributed by atoms with van der Waals surface area (Å²) >= 11 is 0. The van der Waals surface area contributed by atoms with Crippen molar-refractivity contribution in [1.29, 1.82) is 5.26 Å². The van der Waals surface area contributed by atoms with Crippen molar-refractivity contribution in [3.8, 4) is 6.07 Å². The molecule has 4 heteroatoms. The predicted octanol–water partition coefficient (Wildman–Crippen LogP) is 1.50. The summed E-state index contributed by atoms with van der Waals surface area (Å²) in [6, 6.07) is 10.7. The fourth-order valence-corrected chi connectivity index (χ4v) is 2.60. The highest BCUT2D eigenvalue weighted by Crippen LogP contribution is 2.22. The Morgan fingerprint density at radius 1 is 1.53 bits per heavy atom. The lowest BCUT2D eigenvalue weighted by atomic mass is 10.1. The van der Waals surface area contributed by atoms with Gasteiger partial charge < -0.3 is 15.3 Å². The van der Waals surface area contributed by atoms with Crippen LogP contribution in [0.4, 0.5) is 5.69 Å². The standard InChI is InChI=1S/C15H21N3O/c1-12-5-7-17-14(6-8-19)11-18(12)15-4-2-3-13(9-15)10-16/h2-4,9,12,14,17,19H,5-8,11H2,1H3. The van der Waals surface area contributed by atoms with E-state index in [0.29, 0.717) is 17.6 Å². The zero-order valence-corrected chi connectivity index (χ0v) is 11.3. The number of hydrogen-bond donors (Lipinski definition) is 2. The third-order valence-electron chi connectivity index (χ3n) is 3.73. The SMILES string of the molecule is CC1CCNC(CCO)CN1c1cccc(C#N)c1. The van der Waals surface area contributed by atoms with Gasteiger partial charge in [-0.15, -0.1) is 0 Å². The van der Waals surface area contributed by atoms with E-state index in [0.717, 1.165) is 31.6 Å². The first-order valence-electron chi connectivity index (χ1n) is 6.85. The molecule has 1 aromatic carbocycles. The van der Waals surface area contributed by atoms with Gasteiger partial charge in [0.2, 0.25) is 0 Å². The molecule has 19 heavy (non-hydrogen) atoms. The number of nitrogens with zero attached hydrogens (tertiary/aromatic N) is 2. The lowest BCUT2D eigenvalue weighted by molar-refractivity contribution is 0.267. The highest BCUT2D eigenvalue weighted by atomic mass is 16.3. The fourth-order valence-electron chi connectivity index (χ4n) is 2.60. The average molecular weight is 259 g/mol. The molecule has 1 saturated heterocycles. The van der Waals surface area contributed by atoms with Gasteiger partial charge in [-0.25, -0.2) is 0 Å². The number of aliphatic hydroxyl groups is 1. The Balaban J connectivity index is 2.20. The second kappa shape index (κ2) is 6.55. The van der Waals surface area contributed by atoms with Gasteiger partial charge in [0.05, 0.1) is 11.6 Å². The number of rotatable bonds is 3. The molecule has 0 radical (unpaired) electrons. The molecule has 4 nitrogen and oxygen atoms in total. The van der Waals surface area contributed by atoms with E-state index in [-0.39, 0.29) is 6.61 Å². The Hall–Kier alpha value is -1.57. The maximum atomic E-state index is 9.11. The molecule has 2 rings (SSSR count). The first-order valence-corrected chi connectivity index (χ1v) is 6.85. The Bertz CT molecular complexity index is 455. The molecular weight excluding hydrogens is 238 g/mol. The molecule has 102 valence electrons. The van der Waals surface area contributed by atoms with Crippen molar-refractivity contribution in [2.45, 2.75) is 31.8 Å². The van der Waals surface area contributed by atoms with Gasteiger partial charge in [0.25, 0.3) is 0 Å². The van der Waals surface area contributed by atoms with Gasteiger partial charge in [-0.3, -0.25) is 0 Å². The number of anilines is 1. The quantitative estimate of drug-likeness (QED) is 0.863. The van der Waals surface area contributed by atoms with Crippen LogP contribution in [0.15, 0.2) is 24.3 Å². The number of benzene rings is 1. The third-order valence-corrected chi connectivity index (χ3v) is 3.73. The largest absolute Gasteiger partial charge is 0.396 e. The van der Waals surface area contributed by atoms with E-state index >= 15 is 0 Å². The van der Waals surface area contributed by atoms with Crippen molar-refractivity contribution in [2.24, 2.45) is 0 Å². The van der Waals surface area contributed by atoms with Crippen LogP contribution >= 0.6 is 0 Å². The molecule has 1 heterocycles. The highest BCUT2D eigenvalue weighted by molar-refractivity contribution is 5.52. The fraction of sp³-hybridized carbons (Fsp3) is 0.533. The lowest BCUT2D eigenvalue weighted by Gasteiger charge is -2.31. The van der Waals surface area contributed by atoms with Crippen molar-refractivity contribution >= 4 is 5.69 Å². The van der Waals surface area contributed by atoms with Crippen molar-refractivity contribution in [2.75, 3.05) is 24.6 Å². The smallest absolute Gasteiger partial charge is 0.0992 e. The van der Waals surface area contributed by atoms with Crippen LogP contribution in [0.1, 0.15) is 25.3 Å². The zero-order valence-electron chi connectivity index (χ0n) is 11.3. The van der Waals surface area contributed by atoms with E-state index < -0.39 is 0 Å². The summed E-state index contributed by atoms with van der Waals surface area (Å²) in [6.45, 7) is 4.26. The van der Waals surface area contributed by atoms with Crippen molar-refractivity contribution in [1.82, 2.24) is 5.32 Å². The first-order chi connectivity index (χ1) is 9.24. The summed E-state index contributed by atoms with van der Waals surface area (Å²) in [7, 11) is 0. The van der Waals surface area contributed by atoms with Gasteiger partial charge in [0.15, 0.2) is 0 Å². The van der Waals surface area contributed by atoms with Crippen LogP contribution in [-0.2, 0) is 0 Å². The van der Waals surface area contributed by atoms with Crippen molar-refractivity contribution < 1.29 is 5.11 Å². The summed E-state index contributed by atoms with van der Waals surface area (Å²) in [4.78, 5) is 2.33. The lowest BCUT2D eigenvalue weighted by Crippen LogP contribution is -2.40. The van der Waals surface area contributed by atoms with Gasteiger partial charge in [0, 0.05) is 30.9 Å². The number of nitriles is 1. The topological polar surface area (TPSA) is 59.3 Å². The van der Waals surface area contributed by atoms with Gasteiger partial charge in [0.1, 0.15) is 0 Å². The second-order valence-electron chi connectivity index (χ2n) is 5.12. The van der Waals surface area contributed by atoms with E-state index in [2.05, 4.69) is 29.3 Å². The predicted molar refractivity (Wildman–Crippen MR) is 76.1 cm³/mol. The first kappa shape index (κ1) is 13.9. The van der Waals surface area contributed by atoms with Crippen LogP contribution in [-0.4, -0.2) is 36.9 Å². The van der Waals surface area contributed by atoms with Crippen LogP contribution < -0.4 is 10.2 Å². The Kier molecular flexibility index (Phi) is 4.78. The molecule has 2 N–H and O–H groups in total. The number of aliphatic hydroxyl groups excluding tert-OH is 1. The summed E-state index contributed by atoms with van der Waals surface area (Å²) in [5.74, 6) is 0. The normalized spacial score (nSPS) is 23.7. The van der Waals surface area contributed by atoms with Crippen molar-refractivity contribution in [3.63, 3.8) is 0 Å².